The number of rotatable bonds is 7. The molecule has 0 radical (unpaired) electrons. The Morgan fingerprint density at radius 1 is 1.29 bits per heavy atom. The zero-order valence-electron chi connectivity index (χ0n) is 14.9. The van der Waals surface area contributed by atoms with Gasteiger partial charge in [-0.1, -0.05) is 25.4 Å². The van der Waals surface area contributed by atoms with Gasteiger partial charge in [0.1, 0.15) is 5.75 Å². The fraction of sp³-hybridized carbons (Fsp3) is 0.625. The van der Waals surface area contributed by atoms with Crippen molar-refractivity contribution in [3.63, 3.8) is 0 Å². The van der Waals surface area contributed by atoms with Crippen LogP contribution in [0, 0.1) is 5.92 Å². The molecule has 0 fully saturated rings. The molecule has 0 spiro atoms. The van der Waals surface area contributed by atoms with E-state index in [-0.39, 0.29) is 22.4 Å². The quantitative estimate of drug-likeness (QED) is 0.675. The van der Waals surface area contributed by atoms with Crippen LogP contribution in [-0.2, 0) is 10.0 Å². The molecule has 0 aliphatic carbocycles. The lowest BCUT2D eigenvalue weighted by Gasteiger charge is -2.28. The molecule has 0 aliphatic heterocycles. The van der Waals surface area contributed by atoms with E-state index < -0.39 is 10.0 Å². The summed E-state index contributed by atoms with van der Waals surface area (Å²) in [5.41, 5.74) is -0.0946. The Morgan fingerprint density at radius 3 is 2.33 bits per heavy atom. The first-order valence-electron chi connectivity index (χ1n) is 7.68. The molecule has 1 rings (SSSR count). The zero-order chi connectivity index (χ0) is 18.7. The van der Waals surface area contributed by atoms with Crippen LogP contribution in [-0.4, -0.2) is 33.7 Å². The summed E-state index contributed by atoms with van der Waals surface area (Å²) in [6.07, 6.45) is 0. The lowest BCUT2D eigenvalue weighted by Crippen LogP contribution is -2.49. The molecule has 2 N–H and O–H groups in total. The summed E-state index contributed by atoms with van der Waals surface area (Å²) < 4.78 is 33.9. The minimum absolute atomic E-state index is 0.0946. The van der Waals surface area contributed by atoms with Gasteiger partial charge in [0.2, 0.25) is 10.0 Å². The highest BCUT2D eigenvalue weighted by Gasteiger charge is 2.26. The maximum absolute atomic E-state index is 12.8. The van der Waals surface area contributed by atoms with E-state index in [1.165, 1.54) is 19.2 Å². The number of methoxy groups -OCH3 is 1. The minimum Gasteiger partial charge on any atom is -0.495 e. The first-order valence-corrected chi connectivity index (χ1v) is 10.3. The predicted octanol–water partition coefficient (Wildman–Crippen LogP) is 3.80. The summed E-state index contributed by atoms with van der Waals surface area (Å²) in [5.74, 6) is 0.441. The molecule has 24 heavy (non-hydrogen) atoms. The molecule has 0 aromatic heterocycles. The highest BCUT2D eigenvalue weighted by molar-refractivity contribution is 9.10. The van der Waals surface area contributed by atoms with Crippen molar-refractivity contribution in [2.24, 2.45) is 5.92 Å². The van der Waals surface area contributed by atoms with Gasteiger partial charge >= 0.3 is 0 Å². The second kappa shape index (κ2) is 8.36. The topological polar surface area (TPSA) is 67.4 Å². The van der Waals surface area contributed by atoms with Crippen molar-refractivity contribution in [1.82, 2.24) is 10.0 Å². The summed E-state index contributed by atoms with van der Waals surface area (Å²) in [5, 5.41) is 3.68. The van der Waals surface area contributed by atoms with Gasteiger partial charge < -0.3 is 10.1 Å². The molecule has 0 amide bonds. The normalized spacial score (nSPS) is 14.0. The van der Waals surface area contributed by atoms with Crippen LogP contribution >= 0.6 is 27.5 Å². The van der Waals surface area contributed by atoms with Crippen molar-refractivity contribution in [1.29, 1.82) is 0 Å². The van der Waals surface area contributed by atoms with E-state index in [4.69, 9.17) is 16.3 Å². The van der Waals surface area contributed by atoms with Crippen molar-refractivity contribution in [2.45, 2.75) is 51.1 Å². The molecule has 0 bridgehead atoms. The fourth-order valence-corrected chi connectivity index (χ4v) is 4.78. The second-order valence-electron chi connectivity index (χ2n) is 7.02. The van der Waals surface area contributed by atoms with E-state index in [9.17, 15) is 8.42 Å². The molecule has 138 valence electrons. The van der Waals surface area contributed by atoms with Crippen LogP contribution in [0.1, 0.15) is 34.6 Å². The highest BCUT2D eigenvalue weighted by Crippen LogP contribution is 2.33. The van der Waals surface area contributed by atoms with Crippen LogP contribution in [0.4, 0.5) is 0 Å². The van der Waals surface area contributed by atoms with E-state index in [0.717, 1.165) is 0 Å². The summed E-state index contributed by atoms with van der Waals surface area (Å²) in [4.78, 5) is 0.102. The third-order valence-corrected chi connectivity index (χ3v) is 6.20. The van der Waals surface area contributed by atoms with E-state index in [0.29, 0.717) is 21.8 Å². The third kappa shape index (κ3) is 6.19. The van der Waals surface area contributed by atoms with Crippen LogP contribution < -0.4 is 14.8 Å². The highest BCUT2D eigenvalue weighted by atomic mass is 79.9. The summed E-state index contributed by atoms with van der Waals surface area (Å²) in [7, 11) is -2.28. The van der Waals surface area contributed by atoms with Gasteiger partial charge in [-0.3, -0.25) is 0 Å². The van der Waals surface area contributed by atoms with E-state index in [1.54, 1.807) is 0 Å². The first-order chi connectivity index (χ1) is 10.9. The smallest absolute Gasteiger partial charge is 0.242 e. The fourth-order valence-electron chi connectivity index (χ4n) is 1.97. The van der Waals surface area contributed by atoms with Crippen molar-refractivity contribution < 1.29 is 13.2 Å². The number of nitrogens with one attached hydrogen (secondary N) is 2. The van der Waals surface area contributed by atoms with Crippen LogP contribution in [0.25, 0.3) is 0 Å². The molecule has 0 unspecified atom stereocenters. The predicted molar refractivity (Wildman–Crippen MR) is 102 cm³/mol. The average Bonchev–Trinajstić information content (AvgIpc) is 2.42. The molecule has 0 saturated heterocycles. The van der Waals surface area contributed by atoms with E-state index in [1.807, 2.05) is 34.6 Å². The molecule has 1 aromatic carbocycles. The molecule has 0 aliphatic rings. The van der Waals surface area contributed by atoms with Crippen LogP contribution in [0.15, 0.2) is 21.5 Å². The van der Waals surface area contributed by atoms with Crippen molar-refractivity contribution >= 4 is 37.6 Å². The molecule has 5 nitrogen and oxygen atoms in total. The maximum atomic E-state index is 12.8. The van der Waals surface area contributed by atoms with Gasteiger partial charge in [-0.2, -0.15) is 0 Å². The number of benzene rings is 1. The van der Waals surface area contributed by atoms with Gasteiger partial charge in [-0.15, -0.1) is 0 Å². The molecular formula is C16H26BrClN2O3S. The third-order valence-electron chi connectivity index (χ3n) is 3.46. The van der Waals surface area contributed by atoms with Gasteiger partial charge in [-0.05, 0) is 48.7 Å². The standard InChI is InChI=1S/C16H26BrClN2O3S/c1-10(2)13(9-19-16(3,4)5)20-24(21,22)15-8-14(23-6)12(18)7-11(15)17/h7-8,10,13,19-20H,9H2,1-6H3/t13-/m0/s1. The number of sulfonamides is 1. The van der Waals surface area contributed by atoms with Gasteiger partial charge in [0.15, 0.2) is 0 Å². The minimum atomic E-state index is -3.73. The summed E-state index contributed by atoms with van der Waals surface area (Å²) in [6, 6.07) is 2.69. The Morgan fingerprint density at radius 2 is 1.88 bits per heavy atom. The number of halogens is 2. The van der Waals surface area contributed by atoms with Gasteiger partial charge in [0, 0.05) is 28.7 Å². The number of ether oxygens (including phenoxy) is 1. The molecular weight excluding hydrogens is 416 g/mol. The van der Waals surface area contributed by atoms with Gasteiger partial charge in [-0.25, -0.2) is 13.1 Å². The van der Waals surface area contributed by atoms with Crippen LogP contribution in [0.2, 0.25) is 5.02 Å². The monoisotopic (exact) mass is 440 g/mol. The lowest BCUT2D eigenvalue weighted by molar-refractivity contribution is 0.355. The van der Waals surface area contributed by atoms with Gasteiger partial charge in [0.25, 0.3) is 0 Å². The van der Waals surface area contributed by atoms with Crippen LogP contribution in [0.3, 0.4) is 0 Å². The van der Waals surface area contributed by atoms with E-state index in [2.05, 4.69) is 26.0 Å². The number of hydrogen-bond acceptors (Lipinski definition) is 4. The zero-order valence-corrected chi connectivity index (χ0v) is 18.1. The Kier molecular flexibility index (Phi) is 7.56. The van der Waals surface area contributed by atoms with Crippen LogP contribution in [0.5, 0.6) is 5.75 Å². The summed E-state index contributed by atoms with van der Waals surface area (Å²) >= 11 is 9.30. The Hall–Kier alpha value is -0.340. The van der Waals surface area contributed by atoms with Crippen molar-refractivity contribution in [3.8, 4) is 5.75 Å². The molecule has 1 aromatic rings. The Bertz CT molecular complexity index is 673. The summed E-state index contributed by atoms with van der Waals surface area (Å²) in [6.45, 7) is 10.6. The second-order valence-corrected chi connectivity index (χ2v) is 9.96. The first kappa shape index (κ1) is 21.7. The molecule has 0 heterocycles. The number of hydrogen-bond donors (Lipinski definition) is 2. The SMILES string of the molecule is COc1cc(S(=O)(=O)N[C@@H](CNC(C)(C)C)C(C)C)c(Br)cc1Cl. The van der Waals surface area contributed by atoms with Crippen molar-refractivity contribution in [2.75, 3.05) is 13.7 Å². The lowest BCUT2D eigenvalue weighted by atomic mass is 10.0. The van der Waals surface area contributed by atoms with E-state index >= 15 is 0 Å². The molecule has 0 saturated carbocycles. The Labute approximate surface area is 158 Å². The Balaban J connectivity index is 3.10. The average molecular weight is 442 g/mol. The largest absolute Gasteiger partial charge is 0.495 e. The maximum Gasteiger partial charge on any atom is 0.242 e. The molecule has 8 heteroatoms. The van der Waals surface area contributed by atoms with Gasteiger partial charge in [0.05, 0.1) is 17.0 Å². The van der Waals surface area contributed by atoms with Crippen molar-refractivity contribution in [3.05, 3.63) is 21.6 Å². The molecule has 1 atom stereocenters.